The molecule has 0 saturated carbocycles. The fourth-order valence-electron chi connectivity index (χ4n) is 2.78. The summed E-state index contributed by atoms with van der Waals surface area (Å²) >= 11 is 1.68. The molecule has 0 spiro atoms. The highest BCUT2D eigenvalue weighted by molar-refractivity contribution is 7.09. The van der Waals surface area contributed by atoms with Crippen LogP contribution in [0, 0.1) is 0 Å². The number of amides is 1. The van der Waals surface area contributed by atoms with Crippen molar-refractivity contribution in [1.82, 2.24) is 25.3 Å². The summed E-state index contributed by atoms with van der Waals surface area (Å²) in [6.45, 7) is 0.546. The van der Waals surface area contributed by atoms with Crippen LogP contribution in [0.25, 0.3) is 16.9 Å². The van der Waals surface area contributed by atoms with Crippen molar-refractivity contribution in [1.29, 1.82) is 0 Å². The number of hydrogen-bond acceptors (Lipinski definition) is 5. The number of carbonyl (C=O) groups is 1. The lowest BCUT2D eigenvalue weighted by molar-refractivity contribution is 0.0950. The number of nitrogens with one attached hydrogen (secondary N) is 1. The number of thiophene rings is 1. The molecule has 134 valence electrons. The fraction of sp³-hybridized carbons (Fsp3) is 0.100. The fourth-order valence-corrected chi connectivity index (χ4v) is 3.49. The smallest absolute Gasteiger partial charge is 0.274 e. The SMILES string of the molecule is O=C(NCCc1cccs1)c1nnn(-c2ccccc2)c1-c1cccnc1. The molecule has 27 heavy (non-hydrogen) atoms. The average Bonchev–Trinajstić information content (AvgIpc) is 3.39. The third kappa shape index (κ3) is 3.78. The van der Waals surface area contributed by atoms with Gasteiger partial charge < -0.3 is 5.32 Å². The molecule has 0 aliphatic heterocycles. The zero-order chi connectivity index (χ0) is 18.5. The molecule has 0 atom stereocenters. The van der Waals surface area contributed by atoms with Gasteiger partial charge in [0.05, 0.1) is 5.69 Å². The van der Waals surface area contributed by atoms with Crippen LogP contribution in [0.15, 0.2) is 72.4 Å². The lowest BCUT2D eigenvalue weighted by Gasteiger charge is -2.08. The lowest BCUT2D eigenvalue weighted by atomic mass is 10.1. The van der Waals surface area contributed by atoms with Gasteiger partial charge in [-0.3, -0.25) is 9.78 Å². The Balaban J connectivity index is 1.64. The summed E-state index contributed by atoms with van der Waals surface area (Å²) in [6, 6.07) is 17.4. The summed E-state index contributed by atoms with van der Waals surface area (Å²) in [6.07, 6.45) is 4.19. The van der Waals surface area contributed by atoms with Crippen LogP contribution in [-0.2, 0) is 6.42 Å². The monoisotopic (exact) mass is 375 g/mol. The van der Waals surface area contributed by atoms with Gasteiger partial charge in [0.1, 0.15) is 5.69 Å². The molecule has 1 amide bonds. The van der Waals surface area contributed by atoms with Gasteiger partial charge in [0, 0.05) is 29.4 Å². The Morgan fingerprint density at radius 3 is 2.70 bits per heavy atom. The Morgan fingerprint density at radius 1 is 1.07 bits per heavy atom. The van der Waals surface area contributed by atoms with E-state index in [9.17, 15) is 4.79 Å². The van der Waals surface area contributed by atoms with Crippen molar-refractivity contribution < 1.29 is 4.79 Å². The Morgan fingerprint density at radius 2 is 1.96 bits per heavy atom. The van der Waals surface area contributed by atoms with Gasteiger partial charge in [-0.15, -0.1) is 16.4 Å². The Hall–Kier alpha value is -3.32. The highest BCUT2D eigenvalue weighted by Crippen LogP contribution is 2.24. The first kappa shape index (κ1) is 17.1. The molecule has 0 bridgehead atoms. The number of hydrogen-bond donors (Lipinski definition) is 1. The van der Waals surface area contributed by atoms with E-state index in [0.717, 1.165) is 17.7 Å². The van der Waals surface area contributed by atoms with Crippen LogP contribution in [0.2, 0.25) is 0 Å². The van der Waals surface area contributed by atoms with Gasteiger partial charge in [0.15, 0.2) is 5.69 Å². The molecule has 3 aromatic heterocycles. The number of para-hydroxylation sites is 1. The normalized spacial score (nSPS) is 10.7. The molecule has 3 heterocycles. The van der Waals surface area contributed by atoms with Crippen molar-refractivity contribution in [3.63, 3.8) is 0 Å². The van der Waals surface area contributed by atoms with Gasteiger partial charge in [-0.1, -0.05) is 29.5 Å². The number of nitrogens with zero attached hydrogens (tertiary/aromatic N) is 4. The number of benzene rings is 1. The maximum atomic E-state index is 12.8. The lowest BCUT2D eigenvalue weighted by Crippen LogP contribution is -2.26. The number of pyridine rings is 1. The van der Waals surface area contributed by atoms with E-state index in [2.05, 4.69) is 26.7 Å². The van der Waals surface area contributed by atoms with Crippen LogP contribution in [0.3, 0.4) is 0 Å². The van der Waals surface area contributed by atoms with Crippen molar-refractivity contribution in [2.45, 2.75) is 6.42 Å². The molecule has 4 rings (SSSR count). The summed E-state index contributed by atoms with van der Waals surface area (Å²) in [7, 11) is 0. The number of aromatic nitrogens is 4. The van der Waals surface area contributed by atoms with Gasteiger partial charge in [0.2, 0.25) is 0 Å². The van der Waals surface area contributed by atoms with Crippen molar-refractivity contribution in [2.75, 3.05) is 6.54 Å². The highest BCUT2D eigenvalue weighted by atomic mass is 32.1. The predicted octanol–water partition coefficient (Wildman–Crippen LogP) is 3.36. The van der Waals surface area contributed by atoms with Gasteiger partial charge in [-0.05, 0) is 42.1 Å². The van der Waals surface area contributed by atoms with E-state index >= 15 is 0 Å². The Bertz CT molecular complexity index is 1010. The van der Waals surface area contributed by atoms with Crippen molar-refractivity contribution >= 4 is 17.2 Å². The highest BCUT2D eigenvalue weighted by Gasteiger charge is 2.22. The van der Waals surface area contributed by atoms with Crippen molar-refractivity contribution in [3.05, 3.63) is 82.9 Å². The second kappa shape index (κ2) is 7.92. The standard InChI is InChI=1S/C20H17N5OS/c26-20(22-12-10-17-9-5-13-27-17)18-19(15-6-4-11-21-14-15)25(24-23-18)16-7-2-1-3-8-16/h1-9,11,13-14H,10,12H2,(H,22,26). The molecule has 1 aromatic carbocycles. The van der Waals surface area contributed by atoms with Crippen molar-refractivity contribution in [3.8, 4) is 16.9 Å². The van der Waals surface area contributed by atoms with E-state index in [4.69, 9.17) is 0 Å². The van der Waals surface area contributed by atoms with Crippen LogP contribution in [0.1, 0.15) is 15.4 Å². The first-order valence-corrected chi connectivity index (χ1v) is 9.43. The van der Waals surface area contributed by atoms with Crippen LogP contribution < -0.4 is 5.32 Å². The predicted molar refractivity (Wildman–Crippen MR) is 105 cm³/mol. The maximum Gasteiger partial charge on any atom is 0.274 e. The number of carbonyl (C=O) groups excluding carboxylic acids is 1. The van der Waals surface area contributed by atoms with Crippen LogP contribution in [-0.4, -0.2) is 32.4 Å². The molecule has 0 radical (unpaired) electrons. The van der Waals surface area contributed by atoms with Crippen LogP contribution >= 0.6 is 11.3 Å². The van der Waals surface area contributed by atoms with Gasteiger partial charge >= 0.3 is 0 Å². The Kier molecular flexibility index (Phi) is 5.02. The minimum absolute atomic E-state index is 0.243. The van der Waals surface area contributed by atoms with Gasteiger partial charge in [-0.25, -0.2) is 4.68 Å². The minimum atomic E-state index is -0.243. The third-order valence-corrected chi connectivity index (χ3v) is 4.99. The van der Waals surface area contributed by atoms with Crippen LogP contribution in [0.5, 0.6) is 0 Å². The van der Waals surface area contributed by atoms with E-state index in [1.165, 1.54) is 4.88 Å². The van der Waals surface area contributed by atoms with E-state index in [1.54, 1.807) is 28.4 Å². The molecule has 7 heteroatoms. The summed E-state index contributed by atoms with van der Waals surface area (Å²) < 4.78 is 1.67. The molecule has 0 saturated heterocycles. The first-order chi connectivity index (χ1) is 13.3. The molecular weight excluding hydrogens is 358 g/mol. The second-order valence-corrected chi connectivity index (χ2v) is 6.89. The summed E-state index contributed by atoms with van der Waals surface area (Å²) in [5, 5.41) is 13.4. The topological polar surface area (TPSA) is 72.7 Å². The zero-order valence-corrected chi connectivity index (χ0v) is 15.3. The molecule has 6 nitrogen and oxygen atoms in total. The molecule has 1 N–H and O–H groups in total. The maximum absolute atomic E-state index is 12.8. The van der Waals surface area contributed by atoms with E-state index < -0.39 is 0 Å². The molecule has 0 fully saturated rings. The van der Waals surface area contributed by atoms with E-state index in [-0.39, 0.29) is 11.6 Å². The minimum Gasteiger partial charge on any atom is -0.350 e. The third-order valence-electron chi connectivity index (χ3n) is 4.06. The number of rotatable bonds is 6. The van der Waals surface area contributed by atoms with E-state index in [0.29, 0.717) is 12.2 Å². The largest absolute Gasteiger partial charge is 0.350 e. The molecule has 0 aliphatic carbocycles. The quantitative estimate of drug-likeness (QED) is 0.561. The molecular formula is C20H17N5OS. The van der Waals surface area contributed by atoms with E-state index in [1.807, 2.05) is 53.9 Å². The van der Waals surface area contributed by atoms with Crippen molar-refractivity contribution in [2.24, 2.45) is 0 Å². The molecule has 4 aromatic rings. The molecule has 0 aliphatic rings. The average molecular weight is 375 g/mol. The van der Waals surface area contributed by atoms with Gasteiger partial charge in [-0.2, -0.15) is 0 Å². The Labute approximate surface area is 160 Å². The summed E-state index contributed by atoms with van der Waals surface area (Å²) in [5.74, 6) is -0.243. The summed E-state index contributed by atoms with van der Waals surface area (Å²) in [4.78, 5) is 18.2. The van der Waals surface area contributed by atoms with Crippen LogP contribution in [0.4, 0.5) is 0 Å². The first-order valence-electron chi connectivity index (χ1n) is 8.55. The van der Waals surface area contributed by atoms with Gasteiger partial charge in [0.25, 0.3) is 5.91 Å². The second-order valence-electron chi connectivity index (χ2n) is 5.86. The zero-order valence-electron chi connectivity index (χ0n) is 14.4. The summed E-state index contributed by atoms with van der Waals surface area (Å²) in [5.41, 5.74) is 2.54. The molecule has 0 unspecified atom stereocenters.